The SMILES string of the molecule is CC(C)C(CNC1CCC(O)CC1)N1CCN(C)CC1. The van der Waals surface area contributed by atoms with Gasteiger partial charge in [0.05, 0.1) is 6.10 Å². The topological polar surface area (TPSA) is 38.7 Å². The average Bonchev–Trinajstić information content (AvgIpc) is 2.43. The number of hydrogen-bond acceptors (Lipinski definition) is 4. The summed E-state index contributed by atoms with van der Waals surface area (Å²) in [6.07, 6.45) is 4.16. The summed E-state index contributed by atoms with van der Waals surface area (Å²) in [7, 11) is 2.22. The van der Waals surface area contributed by atoms with Crippen LogP contribution in [0.1, 0.15) is 39.5 Å². The summed E-state index contributed by atoms with van der Waals surface area (Å²) in [5, 5.41) is 13.3. The first-order valence-electron chi connectivity index (χ1n) is 8.40. The monoisotopic (exact) mass is 283 g/mol. The van der Waals surface area contributed by atoms with Gasteiger partial charge in [-0.25, -0.2) is 0 Å². The van der Waals surface area contributed by atoms with Crippen molar-refractivity contribution in [1.29, 1.82) is 0 Å². The first-order valence-corrected chi connectivity index (χ1v) is 8.40. The molecule has 0 radical (unpaired) electrons. The van der Waals surface area contributed by atoms with Gasteiger partial charge in [-0.3, -0.25) is 4.90 Å². The Labute approximate surface area is 124 Å². The van der Waals surface area contributed by atoms with Gasteiger partial charge < -0.3 is 15.3 Å². The molecule has 1 saturated carbocycles. The van der Waals surface area contributed by atoms with E-state index in [1.54, 1.807) is 0 Å². The minimum atomic E-state index is -0.0495. The second-order valence-electron chi connectivity index (χ2n) is 7.06. The normalized spacial score (nSPS) is 31.6. The Balaban J connectivity index is 1.77. The molecule has 0 aromatic carbocycles. The second kappa shape index (κ2) is 7.74. The molecule has 4 nitrogen and oxygen atoms in total. The summed E-state index contributed by atoms with van der Waals surface area (Å²) in [6.45, 7) is 10.6. The molecule has 2 N–H and O–H groups in total. The van der Waals surface area contributed by atoms with E-state index in [0.717, 1.165) is 32.2 Å². The molecule has 1 heterocycles. The van der Waals surface area contributed by atoms with Crippen LogP contribution in [0.4, 0.5) is 0 Å². The molecule has 2 aliphatic rings. The summed E-state index contributed by atoms with van der Waals surface area (Å²) in [4.78, 5) is 5.08. The molecule has 0 aromatic heterocycles. The predicted molar refractivity (Wildman–Crippen MR) is 84.0 cm³/mol. The number of rotatable bonds is 5. The number of piperazine rings is 1. The maximum absolute atomic E-state index is 9.58. The Bertz CT molecular complexity index is 269. The highest BCUT2D eigenvalue weighted by molar-refractivity contribution is 4.84. The Morgan fingerprint density at radius 1 is 1.05 bits per heavy atom. The van der Waals surface area contributed by atoms with Crippen molar-refractivity contribution in [3.63, 3.8) is 0 Å². The smallest absolute Gasteiger partial charge is 0.0541 e. The molecule has 2 rings (SSSR count). The standard InChI is InChI=1S/C16H33N3O/c1-13(2)16(19-10-8-18(3)9-11-19)12-17-14-4-6-15(20)7-5-14/h13-17,20H,4-12H2,1-3H3. The molecule has 1 aliphatic heterocycles. The molecule has 0 aromatic rings. The lowest BCUT2D eigenvalue weighted by atomic mass is 9.92. The van der Waals surface area contributed by atoms with E-state index < -0.39 is 0 Å². The van der Waals surface area contributed by atoms with Crippen LogP contribution in [0.5, 0.6) is 0 Å². The first-order chi connectivity index (χ1) is 9.56. The maximum Gasteiger partial charge on any atom is 0.0541 e. The van der Waals surface area contributed by atoms with Crippen molar-refractivity contribution in [1.82, 2.24) is 15.1 Å². The van der Waals surface area contributed by atoms with Crippen molar-refractivity contribution in [2.45, 2.75) is 57.7 Å². The van der Waals surface area contributed by atoms with E-state index in [2.05, 4.69) is 36.0 Å². The highest BCUT2D eigenvalue weighted by atomic mass is 16.3. The Hall–Kier alpha value is -0.160. The maximum atomic E-state index is 9.58. The number of nitrogens with zero attached hydrogens (tertiary/aromatic N) is 2. The van der Waals surface area contributed by atoms with Gasteiger partial charge in [0.15, 0.2) is 0 Å². The Morgan fingerprint density at radius 3 is 2.20 bits per heavy atom. The van der Waals surface area contributed by atoms with Crippen LogP contribution in [0.15, 0.2) is 0 Å². The number of aliphatic hydroxyl groups is 1. The lowest BCUT2D eigenvalue weighted by Gasteiger charge is -2.41. The third-order valence-electron chi connectivity index (χ3n) is 5.09. The van der Waals surface area contributed by atoms with Gasteiger partial charge in [0.25, 0.3) is 0 Å². The van der Waals surface area contributed by atoms with Gasteiger partial charge >= 0.3 is 0 Å². The minimum Gasteiger partial charge on any atom is -0.393 e. The van der Waals surface area contributed by atoms with Crippen LogP contribution in [-0.4, -0.2) is 72.9 Å². The molecule has 0 spiro atoms. The average molecular weight is 283 g/mol. The van der Waals surface area contributed by atoms with Gasteiger partial charge in [-0.05, 0) is 38.6 Å². The molecular weight excluding hydrogens is 250 g/mol. The van der Waals surface area contributed by atoms with Gasteiger partial charge in [0, 0.05) is 44.8 Å². The van der Waals surface area contributed by atoms with Crippen LogP contribution in [0.25, 0.3) is 0 Å². The van der Waals surface area contributed by atoms with Gasteiger partial charge in [0.1, 0.15) is 0 Å². The summed E-state index contributed by atoms with van der Waals surface area (Å²) >= 11 is 0. The van der Waals surface area contributed by atoms with Gasteiger partial charge in [0.2, 0.25) is 0 Å². The lowest BCUT2D eigenvalue weighted by Crippen LogP contribution is -2.54. The second-order valence-corrected chi connectivity index (χ2v) is 7.06. The molecule has 0 amide bonds. The highest BCUT2D eigenvalue weighted by Gasteiger charge is 2.26. The third-order valence-corrected chi connectivity index (χ3v) is 5.09. The summed E-state index contributed by atoms with van der Waals surface area (Å²) in [5.74, 6) is 0.695. The number of hydrogen-bond donors (Lipinski definition) is 2. The lowest BCUT2D eigenvalue weighted by molar-refractivity contribution is 0.0799. The van der Waals surface area contributed by atoms with E-state index in [1.165, 1.54) is 26.2 Å². The van der Waals surface area contributed by atoms with Gasteiger partial charge in [-0.2, -0.15) is 0 Å². The molecule has 2 fully saturated rings. The van der Waals surface area contributed by atoms with E-state index in [-0.39, 0.29) is 6.10 Å². The van der Waals surface area contributed by atoms with E-state index in [0.29, 0.717) is 18.0 Å². The van der Waals surface area contributed by atoms with Crippen LogP contribution in [-0.2, 0) is 0 Å². The predicted octanol–water partition coefficient (Wildman–Crippen LogP) is 1.15. The molecule has 118 valence electrons. The zero-order valence-electron chi connectivity index (χ0n) is 13.5. The van der Waals surface area contributed by atoms with Crippen molar-refractivity contribution in [2.75, 3.05) is 39.8 Å². The van der Waals surface area contributed by atoms with Crippen molar-refractivity contribution in [3.8, 4) is 0 Å². The zero-order valence-corrected chi connectivity index (χ0v) is 13.5. The van der Waals surface area contributed by atoms with Crippen molar-refractivity contribution >= 4 is 0 Å². The van der Waals surface area contributed by atoms with E-state index in [9.17, 15) is 5.11 Å². The van der Waals surface area contributed by atoms with E-state index in [4.69, 9.17) is 0 Å². The summed E-state index contributed by atoms with van der Waals surface area (Å²) in [5.41, 5.74) is 0. The largest absolute Gasteiger partial charge is 0.393 e. The van der Waals surface area contributed by atoms with Crippen LogP contribution < -0.4 is 5.32 Å². The molecule has 1 unspecified atom stereocenters. The number of aliphatic hydroxyl groups excluding tert-OH is 1. The number of nitrogens with one attached hydrogen (secondary N) is 1. The number of likely N-dealkylation sites (N-methyl/N-ethyl adjacent to an activating group) is 1. The fourth-order valence-electron chi connectivity index (χ4n) is 3.51. The van der Waals surface area contributed by atoms with Crippen molar-refractivity contribution in [3.05, 3.63) is 0 Å². The molecular formula is C16H33N3O. The zero-order chi connectivity index (χ0) is 14.5. The van der Waals surface area contributed by atoms with Crippen LogP contribution in [0.3, 0.4) is 0 Å². The highest BCUT2D eigenvalue weighted by Crippen LogP contribution is 2.19. The molecule has 4 heteroatoms. The van der Waals surface area contributed by atoms with Gasteiger partial charge in [-0.1, -0.05) is 13.8 Å². The fourth-order valence-corrected chi connectivity index (χ4v) is 3.51. The summed E-state index contributed by atoms with van der Waals surface area (Å²) in [6, 6.07) is 1.27. The Kier molecular flexibility index (Phi) is 6.27. The van der Waals surface area contributed by atoms with Crippen molar-refractivity contribution in [2.24, 2.45) is 5.92 Å². The first kappa shape index (κ1) is 16.2. The minimum absolute atomic E-state index is 0.0495. The molecule has 20 heavy (non-hydrogen) atoms. The quantitative estimate of drug-likeness (QED) is 0.794. The van der Waals surface area contributed by atoms with Crippen LogP contribution >= 0.6 is 0 Å². The van der Waals surface area contributed by atoms with E-state index >= 15 is 0 Å². The van der Waals surface area contributed by atoms with Crippen LogP contribution in [0, 0.1) is 5.92 Å². The third kappa shape index (κ3) is 4.69. The molecule has 1 aliphatic carbocycles. The molecule has 1 saturated heterocycles. The van der Waals surface area contributed by atoms with E-state index in [1.807, 2.05) is 0 Å². The Morgan fingerprint density at radius 2 is 1.65 bits per heavy atom. The van der Waals surface area contributed by atoms with Gasteiger partial charge in [-0.15, -0.1) is 0 Å². The van der Waals surface area contributed by atoms with Crippen LogP contribution in [0.2, 0.25) is 0 Å². The van der Waals surface area contributed by atoms with Crippen molar-refractivity contribution < 1.29 is 5.11 Å². The fraction of sp³-hybridized carbons (Fsp3) is 1.00. The molecule has 1 atom stereocenters. The summed E-state index contributed by atoms with van der Waals surface area (Å²) < 4.78 is 0. The molecule has 0 bridgehead atoms.